The number of fused-ring (bicyclic) bond motifs is 1. The zero-order valence-corrected chi connectivity index (χ0v) is 17.1. The van der Waals surface area contributed by atoms with Crippen molar-refractivity contribution in [2.24, 2.45) is 0 Å². The maximum Gasteiger partial charge on any atom is 0.281 e. The lowest BCUT2D eigenvalue weighted by Gasteiger charge is -2.41. The van der Waals surface area contributed by atoms with Gasteiger partial charge in [-0.3, -0.25) is 0 Å². The molecule has 0 aliphatic carbocycles. The minimum atomic E-state index is -3.41. The molecule has 1 saturated heterocycles. The number of hydrogen-bond acceptors (Lipinski definition) is 3. The highest BCUT2D eigenvalue weighted by atomic mass is 32.2. The maximum absolute atomic E-state index is 12.8. The van der Waals surface area contributed by atoms with Crippen LogP contribution in [-0.2, 0) is 15.6 Å². The van der Waals surface area contributed by atoms with E-state index in [2.05, 4.69) is 18.3 Å². The number of piperidine rings is 1. The van der Waals surface area contributed by atoms with E-state index in [0.29, 0.717) is 32.5 Å². The molecule has 0 atom stereocenters. The molecule has 0 amide bonds. The van der Waals surface area contributed by atoms with Gasteiger partial charge in [0.15, 0.2) is 0 Å². The molecule has 0 unspecified atom stereocenters. The van der Waals surface area contributed by atoms with E-state index in [4.69, 9.17) is 4.98 Å². The van der Waals surface area contributed by atoms with E-state index < -0.39 is 10.2 Å². The third-order valence-electron chi connectivity index (χ3n) is 5.92. The molecule has 28 heavy (non-hydrogen) atoms. The Morgan fingerprint density at radius 2 is 1.75 bits per heavy atom. The summed E-state index contributed by atoms with van der Waals surface area (Å²) in [5.41, 5.74) is 2.82. The molecule has 1 aliphatic heterocycles. The van der Waals surface area contributed by atoms with Gasteiger partial charge in [0.1, 0.15) is 5.65 Å². The molecule has 7 heteroatoms. The van der Waals surface area contributed by atoms with E-state index in [1.54, 1.807) is 11.4 Å². The average molecular weight is 399 g/mol. The minimum absolute atomic E-state index is 0.288. The third-order valence-corrected chi connectivity index (χ3v) is 7.99. The van der Waals surface area contributed by atoms with Crippen LogP contribution in [0.3, 0.4) is 0 Å². The van der Waals surface area contributed by atoms with Gasteiger partial charge in [-0.05, 0) is 30.5 Å². The summed E-state index contributed by atoms with van der Waals surface area (Å²) < 4.78 is 30.6. The molecule has 0 saturated carbocycles. The zero-order valence-electron chi connectivity index (χ0n) is 16.3. The van der Waals surface area contributed by atoms with Crippen molar-refractivity contribution < 1.29 is 8.42 Å². The van der Waals surface area contributed by atoms with Gasteiger partial charge in [-0.25, -0.2) is 4.98 Å². The van der Waals surface area contributed by atoms with Crippen LogP contribution in [0.25, 0.3) is 5.65 Å². The summed E-state index contributed by atoms with van der Waals surface area (Å²) >= 11 is 0. The molecule has 0 N–H and O–H groups in total. The van der Waals surface area contributed by atoms with Crippen LogP contribution >= 0.6 is 0 Å². The van der Waals surface area contributed by atoms with E-state index in [9.17, 15) is 8.42 Å². The van der Waals surface area contributed by atoms with E-state index in [-0.39, 0.29) is 5.41 Å². The summed E-state index contributed by atoms with van der Waals surface area (Å²) in [5, 5.41) is 0. The molecular weight excluding hydrogens is 372 g/mol. The van der Waals surface area contributed by atoms with Gasteiger partial charge in [0.25, 0.3) is 10.2 Å². The van der Waals surface area contributed by atoms with Crippen LogP contribution in [0.5, 0.6) is 0 Å². The number of pyridine rings is 1. The van der Waals surface area contributed by atoms with E-state index in [1.807, 2.05) is 53.9 Å². The van der Waals surface area contributed by atoms with Gasteiger partial charge in [0.2, 0.25) is 0 Å². The number of nitrogens with zero attached hydrogens (tertiary/aromatic N) is 4. The number of imidazole rings is 1. The number of hydrogen-bond donors (Lipinski definition) is 0. The highest BCUT2D eigenvalue weighted by Crippen LogP contribution is 2.42. The van der Waals surface area contributed by atoms with Crippen LogP contribution < -0.4 is 0 Å². The van der Waals surface area contributed by atoms with Crippen LogP contribution in [0.1, 0.15) is 31.0 Å². The first-order valence-electron chi connectivity index (χ1n) is 9.68. The van der Waals surface area contributed by atoms with Gasteiger partial charge in [0, 0.05) is 44.5 Å². The second-order valence-corrected chi connectivity index (χ2v) is 9.40. The smallest absolute Gasteiger partial charge is 0.281 e. The lowest BCUT2D eigenvalue weighted by atomic mass is 9.71. The van der Waals surface area contributed by atoms with E-state index in [1.165, 1.54) is 9.87 Å². The Kier molecular flexibility index (Phi) is 4.99. The lowest BCUT2D eigenvalue weighted by Crippen LogP contribution is -2.49. The molecule has 0 radical (unpaired) electrons. The average Bonchev–Trinajstić information content (AvgIpc) is 3.18. The molecular formula is C21H26N4O2S. The highest BCUT2D eigenvalue weighted by Gasteiger charge is 2.43. The van der Waals surface area contributed by atoms with Crippen molar-refractivity contribution in [1.29, 1.82) is 0 Å². The monoisotopic (exact) mass is 398 g/mol. The summed E-state index contributed by atoms with van der Waals surface area (Å²) in [6.45, 7) is 3.28. The predicted molar refractivity (Wildman–Crippen MR) is 110 cm³/mol. The van der Waals surface area contributed by atoms with Crippen molar-refractivity contribution in [3.8, 4) is 0 Å². The largest absolute Gasteiger partial charge is 0.307 e. The molecule has 0 bridgehead atoms. The summed E-state index contributed by atoms with van der Waals surface area (Å²) in [6.07, 6.45) is 5.50. The van der Waals surface area contributed by atoms with Crippen LogP contribution in [-0.4, -0.2) is 53.1 Å². The molecule has 148 valence electrons. The summed E-state index contributed by atoms with van der Waals surface area (Å²) in [6, 6.07) is 16.3. The first-order chi connectivity index (χ1) is 13.5. The molecule has 1 aromatic carbocycles. The highest BCUT2D eigenvalue weighted by molar-refractivity contribution is 7.86. The van der Waals surface area contributed by atoms with Gasteiger partial charge in [-0.1, -0.05) is 43.3 Å². The van der Waals surface area contributed by atoms with Crippen LogP contribution in [0.15, 0.2) is 60.9 Å². The van der Waals surface area contributed by atoms with Crippen molar-refractivity contribution in [2.75, 3.05) is 26.7 Å². The van der Waals surface area contributed by atoms with Gasteiger partial charge < -0.3 is 4.40 Å². The SMILES string of the molecule is CCN(C)S(=O)(=O)N1CCC(c2ccccc2)(c2cn3ccccc3n2)CC1. The van der Waals surface area contributed by atoms with Crippen molar-refractivity contribution >= 4 is 15.9 Å². The molecule has 6 nitrogen and oxygen atoms in total. The van der Waals surface area contributed by atoms with Gasteiger partial charge >= 0.3 is 0 Å². The second-order valence-electron chi connectivity index (χ2n) is 7.36. The number of benzene rings is 1. The standard InChI is InChI=1S/C21H26N4O2S/c1-3-23(2)28(26,27)25-15-12-21(13-16-25,18-9-5-4-6-10-18)19-17-24-14-8-7-11-20(24)22-19/h4-11,14,17H,3,12-13,15-16H2,1-2H3. The molecule has 3 aromatic rings. The van der Waals surface area contributed by atoms with Gasteiger partial charge in [-0.15, -0.1) is 0 Å². The first-order valence-corrected chi connectivity index (χ1v) is 11.1. The van der Waals surface area contributed by atoms with Crippen LogP contribution in [0.2, 0.25) is 0 Å². The Hall–Kier alpha value is -2.22. The van der Waals surface area contributed by atoms with Gasteiger partial charge in [0.05, 0.1) is 5.69 Å². The second kappa shape index (κ2) is 7.31. The fraction of sp³-hybridized carbons (Fsp3) is 0.381. The van der Waals surface area contributed by atoms with E-state index >= 15 is 0 Å². The quantitative estimate of drug-likeness (QED) is 0.664. The van der Waals surface area contributed by atoms with Gasteiger partial charge in [-0.2, -0.15) is 17.0 Å². The third kappa shape index (κ3) is 3.13. The normalized spacial score (nSPS) is 18.0. The van der Waals surface area contributed by atoms with Crippen molar-refractivity contribution in [3.63, 3.8) is 0 Å². The molecule has 1 aliphatic rings. The summed E-state index contributed by atoms with van der Waals surface area (Å²) in [4.78, 5) is 4.91. The Labute approximate surface area is 166 Å². The Bertz CT molecular complexity index is 1020. The number of rotatable bonds is 5. The summed E-state index contributed by atoms with van der Waals surface area (Å²) in [5.74, 6) is 0. The molecule has 2 aromatic heterocycles. The maximum atomic E-state index is 12.8. The van der Waals surface area contributed by atoms with Crippen molar-refractivity contribution in [1.82, 2.24) is 18.0 Å². The van der Waals surface area contributed by atoms with Crippen LogP contribution in [0.4, 0.5) is 0 Å². The molecule has 0 spiro atoms. The van der Waals surface area contributed by atoms with Crippen molar-refractivity contribution in [3.05, 3.63) is 72.2 Å². The molecule has 4 rings (SSSR count). The molecule has 1 fully saturated rings. The lowest BCUT2D eigenvalue weighted by molar-refractivity contribution is 0.249. The Morgan fingerprint density at radius 1 is 1.07 bits per heavy atom. The Morgan fingerprint density at radius 3 is 2.39 bits per heavy atom. The van der Waals surface area contributed by atoms with Crippen LogP contribution in [0, 0.1) is 0 Å². The topological polar surface area (TPSA) is 57.9 Å². The van der Waals surface area contributed by atoms with Crippen molar-refractivity contribution in [2.45, 2.75) is 25.2 Å². The predicted octanol–water partition coefficient (Wildman–Crippen LogP) is 2.91. The first kappa shape index (κ1) is 19.1. The van der Waals surface area contributed by atoms with E-state index in [0.717, 1.165) is 11.3 Å². The zero-order chi connectivity index (χ0) is 19.8. The Balaban J connectivity index is 1.73. The molecule has 3 heterocycles. The number of aromatic nitrogens is 2. The summed E-state index contributed by atoms with van der Waals surface area (Å²) in [7, 11) is -1.77. The fourth-order valence-electron chi connectivity index (χ4n) is 4.07. The minimum Gasteiger partial charge on any atom is -0.307 e. The fourth-order valence-corrected chi connectivity index (χ4v) is 5.44.